The van der Waals surface area contributed by atoms with E-state index in [0.717, 1.165) is 44.0 Å². The molecule has 3 heterocycles. The molecule has 0 saturated carbocycles. The maximum absolute atomic E-state index is 13.3. The summed E-state index contributed by atoms with van der Waals surface area (Å²) < 4.78 is 10.8. The lowest BCUT2D eigenvalue weighted by atomic mass is 10.0. The number of anilines is 1. The van der Waals surface area contributed by atoms with Gasteiger partial charge in [0.05, 0.1) is 12.0 Å². The van der Waals surface area contributed by atoms with Crippen molar-refractivity contribution in [3.63, 3.8) is 0 Å². The Morgan fingerprint density at radius 3 is 2.61 bits per heavy atom. The fourth-order valence-corrected chi connectivity index (χ4v) is 4.68. The van der Waals surface area contributed by atoms with E-state index in [2.05, 4.69) is 34.3 Å². The highest BCUT2D eigenvalue weighted by atomic mass is 16.7. The number of benzene rings is 2. The number of fused-ring (bicyclic) bond motifs is 1. The van der Waals surface area contributed by atoms with Crippen molar-refractivity contribution < 1.29 is 19.1 Å². The maximum Gasteiger partial charge on any atom is 0.231 e. The van der Waals surface area contributed by atoms with Gasteiger partial charge < -0.3 is 24.6 Å². The largest absolute Gasteiger partial charge is 0.454 e. The van der Waals surface area contributed by atoms with Crippen molar-refractivity contribution in [2.24, 2.45) is 5.92 Å². The first-order valence-electron chi connectivity index (χ1n) is 11.5. The molecule has 0 radical (unpaired) electrons. The summed E-state index contributed by atoms with van der Waals surface area (Å²) in [6.45, 7) is 5.32. The molecule has 174 valence electrons. The molecule has 5 rings (SSSR count). The van der Waals surface area contributed by atoms with Crippen LogP contribution in [-0.4, -0.2) is 74.7 Å². The molecular weight excluding hydrogens is 420 g/mol. The second kappa shape index (κ2) is 9.41. The Morgan fingerprint density at radius 1 is 1.06 bits per heavy atom. The predicted molar refractivity (Wildman–Crippen MR) is 124 cm³/mol. The fourth-order valence-electron chi connectivity index (χ4n) is 4.68. The van der Waals surface area contributed by atoms with Crippen LogP contribution in [0.15, 0.2) is 48.5 Å². The van der Waals surface area contributed by atoms with Gasteiger partial charge in [0.15, 0.2) is 11.5 Å². The number of carbonyl (C=O) groups is 2. The van der Waals surface area contributed by atoms with Gasteiger partial charge in [-0.3, -0.25) is 14.5 Å². The van der Waals surface area contributed by atoms with E-state index in [-0.39, 0.29) is 37.0 Å². The van der Waals surface area contributed by atoms with E-state index in [1.807, 2.05) is 24.3 Å². The monoisotopic (exact) mass is 450 g/mol. The number of rotatable bonds is 6. The molecule has 2 atom stereocenters. The lowest BCUT2D eigenvalue weighted by Gasteiger charge is -2.35. The summed E-state index contributed by atoms with van der Waals surface area (Å²) in [4.78, 5) is 32.4. The molecule has 2 aromatic carbocycles. The smallest absolute Gasteiger partial charge is 0.231 e. The van der Waals surface area contributed by atoms with Crippen LogP contribution in [0.3, 0.4) is 0 Å². The van der Waals surface area contributed by atoms with Gasteiger partial charge in [-0.25, -0.2) is 0 Å². The molecule has 3 aliphatic heterocycles. The van der Waals surface area contributed by atoms with Crippen LogP contribution in [0.2, 0.25) is 0 Å². The average molecular weight is 451 g/mol. The molecule has 2 unspecified atom stereocenters. The number of likely N-dealkylation sites (N-methyl/N-ethyl adjacent to an activating group) is 1. The zero-order chi connectivity index (χ0) is 22.8. The van der Waals surface area contributed by atoms with Crippen LogP contribution in [0.4, 0.5) is 5.69 Å². The van der Waals surface area contributed by atoms with E-state index in [1.165, 1.54) is 0 Å². The highest BCUT2D eigenvalue weighted by molar-refractivity contribution is 6.00. The molecule has 2 aromatic rings. The van der Waals surface area contributed by atoms with Gasteiger partial charge in [-0.2, -0.15) is 0 Å². The van der Waals surface area contributed by atoms with E-state index >= 15 is 0 Å². The van der Waals surface area contributed by atoms with E-state index in [4.69, 9.17) is 9.47 Å². The number of hydrogen-bond acceptors (Lipinski definition) is 6. The number of hydrogen-bond donors (Lipinski definition) is 1. The Bertz CT molecular complexity index is 1010. The zero-order valence-corrected chi connectivity index (χ0v) is 18.9. The van der Waals surface area contributed by atoms with Gasteiger partial charge in [0.1, 0.15) is 0 Å². The lowest BCUT2D eigenvalue weighted by Crippen LogP contribution is -2.48. The van der Waals surface area contributed by atoms with Crippen LogP contribution in [-0.2, 0) is 9.59 Å². The molecule has 2 saturated heterocycles. The minimum Gasteiger partial charge on any atom is -0.454 e. The molecule has 2 fully saturated rings. The summed E-state index contributed by atoms with van der Waals surface area (Å²) in [6, 6.07) is 15.4. The molecule has 8 heteroatoms. The first-order chi connectivity index (χ1) is 16.1. The molecule has 8 nitrogen and oxygen atoms in total. The normalized spacial score (nSPS) is 21.9. The summed E-state index contributed by atoms with van der Waals surface area (Å²) in [7, 11) is 2.14. The van der Waals surface area contributed by atoms with Crippen molar-refractivity contribution in [2.75, 3.05) is 58.0 Å². The van der Waals surface area contributed by atoms with Crippen molar-refractivity contribution in [3.05, 3.63) is 54.1 Å². The third kappa shape index (κ3) is 4.82. The fraction of sp³-hybridized carbons (Fsp3) is 0.440. The standard InChI is InChI=1S/C25H30N4O4/c1-27-9-11-28(12-10-27)16-21(18-5-3-2-4-6-18)26-25(31)19-13-24(30)29(15-19)20-7-8-22-23(14-20)33-17-32-22/h2-8,14,19,21H,9-13,15-17H2,1H3,(H,26,31). The Morgan fingerprint density at radius 2 is 1.82 bits per heavy atom. The second-order valence-electron chi connectivity index (χ2n) is 9.02. The minimum atomic E-state index is -0.387. The van der Waals surface area contributed by atoms with Crippen molar-refractivity contribution in [1.29, 1.82) is 0 Å². The number of carbonyl (C=O) groups excluding carboxylic acids is 2. The summed E-state index contributed by atoms with van der Waals surface area (Å²) in [5.74, 6) is 0.791. The van der Waals surface area contributed by atoms with E-state index in [0.29, 0.717) is 18.0 Å². The third-order valence-corrected chi connectivity index (χ3v) is 6.72. The van der Waals surface area contributed by atoms with Crippen molar-refractivity contribution in [2.45, 2.75) is 12.5 Å². The highest BCUT2D eigenvalue weighted by Crippen LogP contribution is 2.37. The van der Waals surface area contributed by atoms with Crippen LogP contribution in [0.1, 0.15) is 18.0 Å². The Hall–Kier alpha value is -3.10. The third-order valence-electron chi connectivity index (χ3n) is 6.72. The predicted octanol–water partition coefficient (Wildman–Crippen LogP) is 1.87. The van der Waals surface area contributed by atoms with Gasteiger partial charge in [0.25, 0.3) is 0 Å². The number of piperazine rings is 1. The Labute approximate surface area is 194 Å². The van der Waals surface area contributed by atoms with Crippen LogP contribution >= 0.6 is 0 Å². The minimum absolute atomic E-state index is 0.0515. The van der Waals surface area contributed by atoms with Gasteiger partial charge in [-0.05, 0) is 24.7 Å². The molecule has 0 aromatic heterocycles. The zero-order valence-electron chi connectivity index (χ0n) is 18.9. The Kier molecular flexibility index (Phi) is 6.20. The van der Waals surface area contributed by atoms with Crippen LogP contribution in [0, 0.1) is 5.92 Å². The topological polar surface area (TPSA) is 74.4 Å². The summed E-state index contributed by atoms with van der Waals surface area (Å²) in [5.41, 5.74) is 1.82. The molecule has 0 spiro atoms. The summed E-state index contributed by atoms with van der Waals surface area (Å²) in [6.07, 6.45) is 0.205. The SMILES string of the molecule is CN1CCN(CC(NC(=O)C2CC(=O)N(c3ccc4c(c3)OCO4)C2)c2ccccc2)CC1. The highest BCUT2D eigenvalue weighted by Gasteiger charge is 2.36. The van der Waals surface area contributed by atoms with Crippen molar-refractivity contribution >= 4 is 17.5 Å². The number of amides is 2. The lowest BCUT2D eigenvalue weighted by molar-refractivity contribution is -0.127. The molecule has 2 amide bonds. The second-order valence-corrected chi connectivity index (χ2v) is 9.02. The van der Waals surface area contributed by atoms with Crippen molar-refractivity contribution in [1.82, 2.24) is 15.1 Å². The quantitative estimate of drug-likeness (QED) is 0.725. The van der Waals surface area contributed by atoms with Gasteiger partial charge in [0, 0.05) is 57.4 Å². The van der Waals surface area contributed by atoms with Crippen LogP contribution < -0.4 is 19.7 Å². The first kappa shape index (κ1) is 21.7. The maximum atomic E-state index is 13.3. The average Bonchev–Trinajstić information content (AvgIpc) is 3.46. The summed E-state index contributed by atoms with van der Waals surface area (Å²) >= 11 is 0. The van der Waals surface area contributed by atoms with Gasteiger partial charge in [-0.1, -0.05) is 30.3 Å². The first-order valence-corrected chi connectivity index (χ1v) is 11.5. The molecule has 0 bridgehead atoms. The van der Waals surface area contributed by atoms with Crippen molar-refractivity contribution in [3.8, 4) is 11.5 Å². The molecular formula is C25H30N4O4. The van der Waals surface area contributed by atoms with Gasteiger partial charge in [0.2, 0.25) is 18.6 Å². The molecule has 33 heavy (non-hydrogen) atoms. The van der Waals surface area contributed by atoms with Gasteiger partial charge >= 0.3 is 0 Å². The van der Waals surface area contributed by atoms with E-state index in [1.54, 1.807) is 17.0 Å². The molecule has 3 aliphatic rings. The Balaban J connectivity index is 1.26. The number of nitrogens with zero attached hydrogens (tertiary/aromatic N) is 3. The van der Waals surface area contributed by atoms with E-state index < -0.39 is 0 Å². The van der Waals surface area contributed by atoms with Gasteiger partial charge in [-0.15, -0.1) is 0 Å². The molecule has 1 N–H and O–H groups in total. The van der Waals surface area contributed by atoms with E-state index in [9.17, 15) is 9.59 Å². The van der Waals surface area contributed by atoms with Crippen LogP contribution in [0.5, 0.6) is 11.5 Å². The van der Waals surface area contributed by atoms with Crippen LogP contribution in [0.25, 0.3) is 0 Å². The molecule has 0 aliphatic carbocycles. The number of ether oxygens (including phenoxy) is 2. The summed E-state index contributed by atoms with van der Waals surface area (Å²) in [5, 5.41) is 3.25. The number of nitrogens with one attached hydrogen (secondary N) is 1.